The molecule has 5 heteroatoms. The quantitative estimate of drug-likeness (QED) is 0.762. The Hall–Kier alpha value is -1.62. The van der Waals surface area contributed by atoms with Crippen molar-refractivity contribution in [2.24, 2.45) is 0 Å². The van der Waals surface area contributed by atoms with Crippen LogP contribution in [0.25, 0.3) is 0 Å². The van der Waals surface area contributed by atoms with Crippen molar-refractivity contribution in [2.75, 3.05) is 32.6 Å². The number of nitrogens with one attached hydrogen (secondary N) is 1. The van der Waals surface area contributed by atoms with Crippen LogP contribution in [0.15, 0.2) is 18.3 Å². The summed E-state index contributed by atoms with van der Waals surface area (Å²) >= 11 is 0. The van der Waals surface area contributed by atoms with Gasteiger partial charge in [-0.05, 0) is 31.4 Å². The highest BCUT2D eigenvalue weighted by molar-refractivity contribution is 5.93. The fourth-order valence-electron chi connectivity index (χ4n) is 1.81. The largest absolute Gasteiger partial charge is 0.385 e. The van der Waals surface area contributed by atoms with E-state index in [4.69, 9.17) is 4.74 Å². The summed E-state index contributed by atoms with van der Waals surface area (Å²) in [6.45, 7) is 1.36. The SMILES string of the molecule is COCCCN(C)C(=O)c1ccc(NC2CC2)nc1. The fraction of sp³-hybridized carbons (Fsp3) is 0.571. The molecule has 0 spiro atoms. The maximum Gasteiger partial charge on any atom is 0.255 e. The van der Waals surface area contributed by atoms with Crippen molar-refractivity contribution in [2.45, 2.75) is 25.3 Å². The number of hydrogen-bond acceptors (Lipinski definition) is 4. The number of carbonyl (C=O) groups is 1. The van der Waals surface area contributed by atoms with Crippen LogP contribution in [0, 0.1) is 0 Å². The van der Waals surface area contributed by atoms with E-state index in [1.807, 2.05) is 12.1 Å². The number of anilines is 1. The van der Waals surface area contributed by atoms with Gasteiger partial charge in [-0.3, -0.25) is 4.79 Å². The molecule has 2 rings (SSSR count). The van der Waals surface area contributed by atoms with E-state index in [2.05, 4.69) is 10.3 Å². The second-order valence-electron chi connectivity index (χ2n) is 4.92. The highest BCUT2D eigenvalue weighted by Gasteiger charge is 2.21. The summed E-state index contributed by atoms with van der Waals surface area (Å²) in [4.78, 5) is 18.1. The van der Waals surface area contributed by atoms with Gasteiger partial charge in [-0.15, -0.1) is 0 Å². The number of carbonyl (C=O) groups excluding carboxylic acids is 1. The van der Waals surface area contributed by atoms with Crippen LogP contribution < -0.4 is 5.32 Å². The third-order valence-electron chi connectivity index (χ3n) is 3.13. The van der Waals surface area contributed by atoms with E-state index < -0.39 is 0 Å². The lowest BCUT2D eigenvalue weighted by Crippen LogP contribution is -2.28. The zero-order valence-corrected chi connectivity index (χ0v) is 11.6. The van der Waals surface area contributed by atoms with Gasteiger partial charge in [-0.1, -0.05) is 0 Å². The van der Waals surface area contributed by atoms with Crippen LogP contribution in [0.3, 0.4) is 0 Å². The highest BCUT2D eigenvalue weighted by atomic mass is 16.5. The molecule has 1 fully saturated rings. The Kier molecular flexibility index (Phi) is 4.74. The molecule has 0 bridgehead atoms. The predicted octanol–water partition coefficient (Wildman–Crippen LogP) is 1.76. The summed E-state index contributed by atoms with van der Waals surface area (Å²) in [5, 5.41) is 3.30. The molecule has 104 valence electrons. The molecule has 1 saturated carbocycles. The number of ether oxygens (including phenoxy) is 1. The van der Waals surface area contributed by atoms with Crippen LogP contribution in [0.2, 0.25) is 0 Å². The molecule has 0 unspecified atom stereocenters. The number of pyridine rings is 1. The summed E-state index contributed by atoms with van der Waals surface area (Å²) in [7, 11) is 3.46. The Morgan fingerprint density at radius 2 is 2.32 bits per heavy atom. The molecule has 1 N–H and O–H groups in total. The van der Waals surface area contributed by atoms with Crippen LogP contribution in [-0.4, -0.2) is 49.1 Å². The first kappa shape index (κ1) is 13.8. The minimum absolute atomic E-state index is 0.00146. The molecule has 19 heavy (non-hydrogen) atoms. The van der Waals surface area contributed by atoms with Gasteiger partial charge in [-0.2, -0.15) is 0 Å². The molecule has 1 amide bonds. The van der Waals surface area contributed by atoms with Gasteiger partial charge in [0.15, 0.2) is 0 Å². The van der Waals surface area contributed by atoms with E-state index in [1.54, 1.807) is 25.3 Å². The molecular formula is C14H21N3O2. The van der Waals surface area contributed by atoms with Crippen LogP contribution in [0.4, 0.5) is 5.82 Å². The van der Waals surface area contributed by atoms with Gasteiger partial charge in [-0.25, -0.2) is 4.98 Å². The maximum atomic E-state index is 12.1. The van der Waals surface area contributed by atoms with Crippen molar-refractivity contribution >= 4 is 11.7 Å². The van der Waals surface area contributed by atoms with Crippen LogP contribution in [-0.2, 0) is 4.74 Å². The predicted molar refractivity (Wildman–Crippen MR) is 74.3 cm³/mol. The third kappa shape index (κ3) is 4.21. The lowest BCUT2D eigenvalue weighted by atomic mass is 10.2. The molecule has 1 aromatic heterocycles. The number of methoxy groups -OCH3 is 1. The van der Waals surface area contributed by atoms with Gasteiger partial charge >= 0.3 is 0 Å². The van der Waals surface area contributed by atoms with E-state index in [9.17, 15) is 4.79 Å². The van der Waals surface area contributed by atoms with E-state index in [0.29, 0.717) is 24.8 Å². The van der Waals surface area contributed by atoms with Gasteiger partial charge in [0.25, 0.3) is 5.91 Å². The van der Waals surface area contributed by atoms with E-state index in [1.165, 1.54) is 12.8 Å². The first-order valence-corrected chi connectivity index (χ1v) is 6.67. The summed E-state index contributed by atoms with van der Waals surface area (Å²) in [5.74, 6) is 0.850. The van der Waals surface area contributed by atoms with Crippen LogP contribution in [0.1, 0.15) is 29.6 Å². The number of aromatic nitrogens is 1. The molecular weight excluding hydrogens is 242 g/mol. The van der Waals surface area contributed by atoms with Crippen LogP contribution in [0.5, 0.6) is 0 Å². The molecule has 5 nitrogen and oxygen atoms in total. The normalized spacial score (nSPS) is 14.2. The minimum atomic E-state index is 0.00146. The Balaban J connectivity index is 1.86. The molecule has 0 aromatic carbocycles. The van der Waals surface area contributed by atoms with Crippen molar-refractivity contribution in [1.82, 2.24) is 9.88 Å². The average Bonchev–Trinajstić information content (AvgIpc) is 3.23. The smallest absolute Gasteiger partial charge is 0.255 e. The lowest BCUT2D eigenvalue weighted by molar-refractivity contribution is 0.0779. The Bertz CT molecular complexity index is 415. The standard InChI is InChI=1S/C14H21N3O2/c1-17(8-3-9-19-2)14(18)11-4-7-13(15-10-11)16-12-5-6-12/h4,7,10,12H,3,5-6,8-9H2,1-2H3,(H,15,16). The topological polar surface area (TPSA) is 54.5 Å². The summed E-state index contributed by atoms with van der Waals surface area (Å²) < 4.78 is 4.98. The van der Waals surface area contributed by atoms with Crippen molar-refractivity contribution in [1.29, 1.82) is 0 Å². The van der Waals surface area contributed by atoms with Crippen molar-refractivity contribution in [3.8, 4) is 0 Å². The molecule has 0 radical (unpaired) electrons. The lowest BCUT2D eigenvalue weighted by Gasteiger charge is -2.16. The zero-order chi connectivity index (χ0) is 13.7. The molecule has 1 aliphatic rings. The van der Waals surface area contributed by atoms with E-state index in [0.717, 1.165) is 12.2 Å². The van der Waals surface area contributed by atoms with Gasteiger partial charge in [0.2, 0.25) is 0 Å². The Morgan fingerprint density at radius 3 is 2.89 bits per heavy atom. The van der Waals surface area contributed by atoms with Crippen molar-refractivity contribution in [3.05, 3.63) is 23.9 Å². The second kappa shape index (κ2) is 6.52. The monoisotopic (exact) mass is 263 g/mol. The van der Waals surface area contributed by atoms with Crippen molar-refractivity contribution < 1.29 is 9.53 Å². The van der Waals surface area contributed by atoms with E-state index >= 15 is 0 Å². The number of hydrogen-bond donors (Lipinski definition) is 1. The van der Waals surface area contributed by atoms with Crippen LogP contribution >= 0.6 is 0 Å². The first-order chi connectivity index (χ1) is 9.20. The van der Waals surface area contributed by atoms with Gasteiger partial charge in [0.1, 0.15) is 5.82 Å². The molecule has 0 atom stereocenters. The molecule has 0 aliphatic heterocycles. The third-order valence-corrected chi connectivity index (χ3v) is 3.13. The second-order valence-corrected chi connectivity index (χ2v) is 4.92. The van der Waals surface area contributed by atoms with E-state index in [-0.39, 0.29) is 5.91 Å². The number of rotatable bonds is 7. The van der Waals surface area contributed by atoms with Gasteiger partial charge in [0.05, 0.1) is 5.56 Å². The fourth-order valence-corrected chi connectivity index (χ4v) is 1.81. The number of nitrogens with zero attached hydrogens (tertiary/aromatic N) is 2. The average molecular weight is 263 g/mol. The summed E-state index contributed by atoms with van der Waals surface area (Å²) in [6, 6.07) is 4.27. The zero-order valence-electron chi connectivity index (χ0n) is 11.6. The number of amides is 1. The van der Waals surface area contributed by atoms with Gasteiger partial charge in [0, 0.05) is 39.5 Å². The van der Waals surface area contributed by atoms with Gasteiger partial charge < -0.3 is 15.0 Å². The summed E-state index contributed by atoms with van der Waals surface area (Å²) in [6.07, 6.45) is 4.91. The maximum absolute atomic E-state index is 12.1. The molecule has 1 aliphatic carbocycles. The molecule has 0 saturated heterocycles. The minimum Gasteiger partial charge on any atom is -0.385 e. The Labute approximate surface area is 114 Å². The highest BCUT2D eigenvalue weighted by Crippen LogP contribution is 2.23. The molecule has 1 heterocycles. The Morgan fingerprint density at radius 1 is 1.53 bits per heavy atom. The first-order valence-electron chi connectivity index (χ1n) is 6.67. The summed E-state index contributed by atoms with van der Waals surface area (Å²) in [5.41, 5.74) is 0.626. The molecule has 1 aromatic rings. The van der Waals surface area contributed by atoms with Crippen molar-refractivity contribution in [3.63, 3.8) is 0 Å².